The number of benzene rings is 1. The van der Waals surface area contributed by atoms with Crippen LogP contribution >= 0.6 is 11.8 Å². The maximum atomic E-state index is 5.07. The van der Waals surface area contributed by atoms with Crippen LogP contribution in [0.1, 0.15) is 12.0 Å². The molecular formula is C14H19N3OS. The quantitative estimate of drug-likeness (QED) is 0.549. The fourth-order valence-corrected chi connectivity index (χ4v) is 2.66. The van der Waals surface area contributed by atoms with Gasteiger partial charge in [0.05, 0.1) is 6.61 Å². The number of aromatic nitrogens is 3. The smallest absolute Gasteiger partial charge is 0.191 e. The van der Waals surface area contributed by atoms with Crippen molar-refractivity contribution in [2.24, 2.45) is 0 Å². The lowest BCUT2D eigenvalue weighted by atomic mass is 10.1. The second kappa shape index (κ2) is 7.96. The van der Waals surface area contributed by atoms with Crippen LogP contribution in [0.4, 0.5) is 0 Å². The standard InChI is InChI=1S/C14H19N3OS/c1-18-10-9-17-12-15-16-14(17)19-11-5-8-13-6-3-2-4-7-13/h2-4,6-7,12H,5,8-11H2,1H3. The van der Waals surface area contributed by atoms with Gasteiger partial charge in [-0.1, -0.05) is 42.1 Å². The minimum Gasteiger partial charge on any atom is -0.383 e. The molecule has 1 aromatic carbocycles. The minimum atomic E-state index is 0.690. The van der Waals surface area contributed by atoms with E-state index < -0.39 is 0 Å². The first-order chi connectivity index (χ1) is 9.40. The van der Waals surface area contributed by atoms with Gasteiger partial charge >= 0.3 is 0 Å². The Hall–Kier alpha value is -1.33. The van der Waals surface area contributed by atoms with Gasteiger partial charge in [0.25, 0.3) is 0 Å². The fourth-order valence-electron chi connectivity index (χ4n) is 1.78. The molecule has 0 atom stereocenters. The molecule has 1 aromatic heterocycles. The van der Waals surface area contributed by atoms with Crippen LogP contribution in [0.2, 0.25) is 0 Å². The van der Waals surface area contributed by atoms with Gasteiger partial charge in [-0.2, -0.15) is 0 Å². The average molecular weight is 277 g/mol. The highest BCUT2D eigenvalue weighted by Crippen LogP contribution is 2.16. The van der Waals surface area contributed by atoms with Gasteiger partial charge in [-0.15, -0.1) is 10.2 Å². The Morgan fingerprint density at radius 3 is 2.89 bits per heavy atom. The van der Waals surface area contributed by atoms with Crippen LogP contribution in [0, 0.1) is 0 Å². The SMILES string of the molecule is COCCn1cnnc1SCCCc1ccccc1. The molecule has 0 N–H and O–H groups in total. The second-order valence-corrected chi connectivity index (χ2v) is 5.30. The largest absolute Gasteiger partial charge is 0.383 e. The van der Waals surface area contributed by atoms with Gasteiger partial charge in [-0.05, 0) is 18.4 Å². The van der Waals surface area contributed by atoms with Gasteiger partial charge in [0, 0.05) is 19.4 Å². The van der Waals surface area contributed by atoms with E-state index in [4.69, 9.17) is 4.74 Å². The lowest BCUT2D eigenvalue weighted by Gasteiger charge is -2.05. The van der Waals surface area contributed by atoms with Crippen molar-refractivity contribution in [2.75, 3.05) is 19.5 Å². The Balaban J connectivity index is 1.72. The number of thioether (sulfide) groups is 1. The van der Waals surface area contributed by atoms with E-state index in [1.54, 1.807) is 25.2 Å². The zero-order valence-corrected chi connectivity index (χ0v) is 12.0. The lowest BCUT2D eigenvalue weighted by molar-refractivity contribution is 0.184. The molecule has 0 aliphatic rings. The summed E-state index contributed by atoms with van der Waals surface area (Å²) < 4.78 is 7.11. The zero-order valence-electron chi connectivity index (χ0n) is 11.2. The third-order valence-electron chi connectivity index (χ3n) is 2.80. The number of aryl methyl sites for hydroxylation is 1. The van der Waals surface area contributed by atoms with Gasteiger partial charge in [-0.25, -0.2) is 0 Å². The summed E-state index contributed by atoms with van der Waals surface area (Å²) in [6, 6.07) is 10.6. The summed E-state index contributed by atoms with van der Waals surface area (Å²) in [5.74, 6) is 1.06. The van der Waals surface area contributed by atoms with Crippen LogP contribution in [0.3, 0.4) is 0 Å². The molecule has 0 radical (unpaired) electrons. The monoisotopic (exact) mass is 277 g/mol. The number of hydrogen-bond acceptors (Lipinski definition) is 4. The van der Waals surface area contributed by atoms with Gasteiger partial charge in [0.2, 0.25) is 0 Å². The molecule has 4 nitrogen and oxygen atoms in total. The number of methoxy groups -OCH3 is 1. The molecule has 0 spiro atoms. The van der Waals surface area contributed by atoms with Gasteiger partial charge in [0.1, 0.15) is 6.33 Å². The van der Waals surface area contributed by atoms with E-state index in [9.17, 15) is 0 Å². The normalized spacial score (nSPS) is 10.8. The summed E-state index contributed by atoms with van der Waals surface area (Å²) in [5, 5.41) is 9.06. The highest BCUT2D eigenvalue weighted by molar-refractivity contribution is 7.99. The molecule has 0 saturated carbocycles. The molecule has 2 rings (SSSR count). The molecule has 1 heterocycles. The van der Waals surface area contributed by atoms with Crippen LogP contribution in [-0.2, 0) is 17.7 Å². The van der Waals surface area contributed by atoms with Gasteiger partial charge in [0.15, 0.2) is 5.16 Å². The van der Waals surface area contributed by atoms with Crippen LogP contribution in [0.25, 0.3) is 0 Å². The van der Waals surface area contributed by atoms with Crippen molar-refractivity contribution in [3.63, 3.8) is 0 Å². The Labute approximate surface area is 118 Å². The molecule has 0 aliphatic carbocycles. The maximum absolute atomic E-state index is 5.07. The molecule has 0 saturated heterocycles. The molecule has 0 fully saturated rings. The fraction of sp³-hybridized carbons (Fsp3) is 0.429. The predicted molar refractivity (Wildman–Crippen MR) is 77.4 cm³/mol. The first-order valence-electron chi connectivity index (χ1n) is 6.43. The summed E-state index contributed by atoms with van der Waals surface area (Å²) in [4.78, 5) is 0. The second-order valence-electron chi connectivity index (χ2n) is 4.24. The van der Waals surface area contributed by atoms with Crippen molar-refractivity contribution in [1.82, 2.24) is 14.8 Å². The molecular weight excluding hydrogens is 258 g/mol. The minimum absolute atomic E-state index is 0.690. The Kier molecular flexibility index (Phi) is 5.91. The van der Waals surface area contributed by atoms with E-state index >= 15 is 0 Å². The van der Waals surface area contributed by atoms with E-state index in [0.29, 0.717) is 6.61 Å². The molecule has 5 heteroatoms. The van der Waals surface area contributed by atoms with Crippen LogP contribution in [0.5, 0.6) is 0 Å². The van der Waals surface area contributed by atoms with E-state index in [2.05, 4.69) is 40.5 Å². The first-order valence-corrected chi connectivity index (χ1v) is 7.42. The van der Waals surface area contributed by atoms with Gasteiger partial charge < -0.3 is 9.30 Å². The van der Waals surface area contributed by atoms with E-state index in [-0.39, 0.29) is 0 Å². The summed E-state index contributed by atoms with van der Waals surface area (Å²) in [5.41, 5.74) is 1.39. The molecule has 0 unspecified atom stereocenters. The molecule has 0 bridgehead atoms. The first kappa shape index (κ1) is 14.1. The third kappa shape index (κ3) is 4.69. The number of nitrogens with zero attached hydrogens (tertiary/aromatic N) is 3. The molecule has 2 aromatic rings. The third-order valence-corrected chi connectivity index (χ3v) is 3.87. The molecule has 0 aliphatic heterocycles. The van der Waals surface area contributed by atoms with Crippen molar-refractivity contribution in [2.45, 2.75) is 24.5 Å². The molecule has 102 valence electrons. The highest BCUT2D eigenvalue weighted by atomic mass is 32.2. The van der Waals surface area contributed by atoms with Crippen molar-refractivity contribution in [1.29, 1.82) is 0 Å². The van der Waals surface area contributed by atoms with Crippen molar-refractivity contribution >= 4 is 11.8 Å². The topological polar surface area (TPSA) is 39.9 Å². The van der Waals surface area contributed by atoms with E-state index in [1.807, 2.05) is 4.57 Å². The number of rotatable bonds is 8. The average Bonchev–Trinajstić information content (AvgIpc) is 2.90. The van der Waals surface area contributed by atoms with E-state index in [1.165, 1.54) is 5.56 Å². The Morgan fingerprint density at radius 1 is 1.26 bits per heavy atom. The van der Waals surface area contributed by atoms with Crippen molar-refractivity contribution in [3.05, 3.63) is 42.2 Å². The van der Waals surface area contributed by atoms with Crippen molar-refractivity contribution < 1.29 is 4.74 Å². The van der Waals surface area contributed by atoms with E-state index in [0.717, 1.165) is 30.3 Å². The van der Waals surface area contributed by atoms with Crippen LogP contribution in [-0.4, -0.2) is 34.2 Å². The summed E-state index contributed by atoms with van der Waals surface area (Å²) in [6.07, 6.45) is 4.02. The molecule has 19 heavy (non-hydrogen) atoms. The van der Waals surface area contributed by atoms with Crippen molar-refractivity contribution in [3.8, 4) is 0 Å². The highest BCUT2D eigenvalue weighted by Gasteiger charge is 2.04. The van der Waals surface area contributed by atoms with Crippen LogP contribution < -0.4 is 0 Å². The predicted octanol–water partition coefficient (Wildman–Crippen LogP) is 2.65. The Bertz CT molecular complexity index is 473. The van der Waals surface area contributed by atoms with Crippen LogP contribution in [0.15, 0.2) is 41.8 Å². The van der Waals surface area contributed by atoms with Gasteiger partial charge in [-0.3, -0.25) is 0 Å². The maximum Gasteiger partial charge on any atom is 0.191 e. The lowest BCUT2D eigenvalue weighted by Crippen LogP contribution is -2.04. The summed E-state index contributed by atoms with van der Waals surface area (Å²) >= 11 is 1.76. The summed E-state index contributed by atoms with van der Waals surface area (Å²) in [7, 11) is 1.71. The number of ether oxygens (including phenoxy) is 1. The zero-order chi connectivity index (χ0) is 13.3. The Morgan fingerprint density at radius 2 is 2.11 bits per heavy atom. The number of hydrogen-bond donors (Lipinski definition) is 0. The molecule has 0 amide bonds. The summed E-state index contributed by atoms with van der Waals surface area (Å²) in [6.45, 7) is 1.50.